The second-order valence-electron chi connectivity index (χ2n) is 5.75. The molecule has 0 bridgehead atoms. The lowest BCUT2D eigenvalue weighted by atomic mass is 9.82. The molecule has 0 radical (unpaired) electrons. The van der Waals surface area contributed by atoms with Gasteiger partial charge in [0.15, 0.2) is 0 Å². The van der Waals surface area contributed by atoms with Crippen molar-refractivity contribution in [2.75, 3.05) is 18.9 Å². The molecule has 108 valence electrons. The van der Waals surface area contributed by atoms with Crippen LogP contribution in [0.2, 0.25) is 0 Å². The van der Waals surface area contributed by atoms with E-state index in [1.54, 1.807) is 19.2 Å². The van der Waals surface area contributed by atoms with Crippen LogP contribution in [0, 0.1) is 11.3 Å². The van der Waals surface area contributed by atoms with Crippen molar-refractivity contribution in [3.63, 3.8) is 0 Å². The highest BCUT2D eigenvalue weighted by Crippen LogP contribution is 2.24. The zero-order chi connectivity index (χ0) is 14.7. The molecule has 0 aliphatic heterocycles. The van der Waals surface area contributed by atoms with Crippen LogP contribution in [0.15, 0.2) is 23.2 Å². The first-order chi connectivity index (χ1) is 8.66. The minimum atomic E-state index is -3.48. The van der Waals surface area contributed by atoms with E-state index in [1.807, 2.05) is 6.92 Å². The number of nitrogens with zero attached hydrogens (tertiary/aromatic N) is 1. The van der Waals surface area contributed by atoms with Crippen LogP contribution in [0.4, 0.5) is 5.82 Å². The number of hydrogen-bond acceptors (Lipinski definition) is 4. The SMILES string of the molecule is CNc1ccc(S(=O)(=O)NCC(C)C(C)(C)C)cn1. The second kappa shape index (κ2) is 5.88. The summed E-state index contributed by atoms with van der Waals surface area (Å²) in [5.74, 6) is 0.883. The van der Waals surface area contributed by atoms with Gasteiger partial charge in [-0.15, -0.1) is 0 Å². The predicted molar refractivity (Wildman–Crippen MR) is 77.6 cm³/mol. The van der Waals surface area contributed by atoms with Crippen LogP contribution < -0.4 is 10.0 Å². The van der Waals surface area contributed by atoms with Gasteiger partial charge >= 0.3 is 0 Å². The Balaban J connectivity index is 2.76. The fourth-order valence-corrected chi connectivity index (χ4v) is 2.39. The third-order valence-electron chi connectivity index (χ3n) is 3.36. The van der Waals surface area contributed by atoms with Gasteiger partial charge < -0.3 is 5.32 Å². The summed E-state index contributed by atoms with van der Waals surface area (Å²) in [4.78, 5) is 4.20. The van der Waals surface area contributed by atoms with E-state index in [9.17, 15) is 8.42 Å². The quantitative estimate of drug-likeness (QED) is 0.869. The Kier molecular flexibility index (Phi) is 4.92. The van der Waals surface area contributed by atoms with Gasteiger partial charge in [-0.2, -0.15) is 0 Å². The first-order valence-electron chi connectivity index (χ1n) is 6.30. The van der Waals surface area contributed by atoms with E-state index >= 15 is 0 Å². The Labute approximate surface area is 115 Å². The lowest BCUT2D eigenvalue weighted by molar-refractivity contribution is 0.263. The number of sulfonamides is 1. The van der Waals surface area contributed by atoms with Gasteiger partial charge in [-0.1, -0.05) is 27.7 Å². The van der Waals surface area contributed by atoms with Crippen molar-refractivity contribution in [3.8, 4) is 0 Å². The van der Waals surface area contributed by atoms with Gasteiger partial charge in [-0.05, 0) is 23.5 Å². The molecule has 0 aliphatic carbocycles. The van der Waals surface area contributed by atoms with E-state index in [-0.39, 0.29) is 16.2 Å². The zero-order valence-corrected chi connectivity index (χ0v) is 13.0. The molecule has 5 nitrogen and oxygen atoms in total. The third kappa shape index (κ3) is 4.47. The van der Waals surface area contributed by atoms with Crippen molar-refractivity contribution >= 4 is 15.8 Å². The number of anilines is 1. The maximum Gasteiger partial charge on any atom is 0.242 e. The van der Waals surface area contributed by atoms with Gasteiger partial charge in [0.2, 0.25) is 10.0 Å². The molecule has 0 amide bonds. The molecule has 2 N–H and O–H groups in total. The van der Waals surface area contributed by atoms with E-state index in [0.29, 0.717) is 12.4 Å². The largest absolute Gasteiger partial charge is 0.373 e. The minimum absolute atomic E-state index is 0.0662. The first kappa shape index (κ1) is 15.9. The lowest BCUT2D eigenvalue weighted by Crippen LogP contribution is -2.33. The van der Waals surface area contributed by atoms with Gasteiger partial charge in [0.1, 0.15) is 10.7 Å². The number of hydrogen-bond donors (Lipinski definition) is 2. The Morgan fingerprint density at radius 3 is 2.37 bits per heavy atom. The summed E-state index contributed by atoms with van der Waals surface area (Å²) in [5, 5.41) is 2.85. The van der Waals surface area contributed by atoms with E-state index in [1.165, 1.54) is 6.20 Å². The molecule has 0 spiro atoms. The van der Waals surface area contributed by atoms with Crippen molar-refractivity contribution in [1.82, 2.24) is 9.71 Å². The van der Waals surface area contributed by atoms with Crippen molar-refractivity contribution in [3.05, 3.63) is 18.3 Å². The first-order valence-corrected chi connectivity index (χ1v) is 7.78. The molecule has 0 aromatic carbocycles. The topological polar surface area (TPSA) is 71.1 Å². The second-order valence-corrected chi connectivity index (χ2v) is 7.52. The van der Waals surface area contributed by atoms with Crippen molar-refractivity contribution < 1.29 is 8.42 Å². The standard InChI is InChI=1S/C13H23N3O2S/c1-10(13(2,3)4)8-16-19(17,18)11-6-7-12(14-5)15-9-11/h6-7,9-10,16H,8H2,1-5H3,(H,14,15). The zero-order valence-electron chi connectivity index (χ0n) is 12.2. The van der Waals surface area contributed by atoms with Crippen molar-refractivity contribution in [2.24, 2.45) is 11.3 Å². The maximum absolute atomic E-state index is 12.1. The van der Waals surface area contributed by atoms with E-state index in [0.717, 1.165) is 0 Å². The van der Waals surface area contributed by atoms with Gasteiger partial charge in [-0.25, -0.2) is 18.1 Å². The number of rotatable bonds is 5. The van der Waals surface area contributed by atoms with Crippen LogP contribution in [0.1, 0.15) is 27.7 Å². The summed E-state index contributed by atoms with van der Waals surface area (Å²) < 4.78 is 26.8. The average Bonchev–Trinajstić information content (AvgIpc) is 2.35. The fraction of sp³-hybridized carbons (Fsp3) is 0.615. The molecule has 0 saturated heterocycles. The normalized spacial score (nSPS) is 14.2. The average molecular weight is 285 g/mol. The highest BCUT2D eigenvalue weighted by molar-refractivity contribution is 7.89. The molecule has 19 heavy (non-hydrogen) atoms. The summed E-state index contributed by atoms with van der Waals surface area (Å²) in [7, 11) is -1.75. The molecule has 0 aliphatic rings. The summed E-state index contributed by atoms with van der Waals surface area (Å²) in [6.07, 6.45) is 1.36. The molecule has 0 fully saturated rings. The number of nitrogens with one attached hydrogen (secondary N) is 2. The van der Waals surface area contributed by atoms with Crippen LogP contribution in [0.5, 0.6) is 0 Å². The smallest absolute Gasteiger partial charge is 0.242 e. The van der Waals surface area contributed by atoms with Gasteiger partial charge in [-0.3, -0.25) is 0 Å². The van der Waals surface area contributed by atoms with Crippen LogP contribution in [0.25, 0.3) is 0 Å². The van der Waals surface area contributed by atoms with Crippen LogP contribution in [0.3, 0.4) is 0 Å². The Morgan fingerprint density at radius 1 is 1.32 bits per heavy atom. The number of aromatic nitrogens is 1. The minimum Gasteiger partial charge on any atom is -0.373 e. The highest BCUT2D eigenvalue weighted by Gasteiger charge is 2.22. The fourth-order valence-electron chi connectivity index (χ4n) is 1.31. The predicted octanol–water partition coefficient (Wildman–Crippen LogP) is 2.08. The van der Waals surface area contributed by atoms with Gasteiger partial charge in [0, 0.05) is 19.8 Å². The van der Waals surface area contributed by atoms with Gasteiger partial charge in [0.25, 0.3) is 0 Å². The van der Waals surface area contributed by atoms with Crippen LogP contribution in [-0.4, -0.2) is 27.0 Å². The number of pyridine rings is 1. The van der Waals surface area contributed by atoms with Crippen molar-refractivity contribution in [1.29, 1.82) is 0 Å². The molecule has 1 rings (SSSR count). The molecule has 1 aromatic rings. The van der Waals surface area contributed by atoms with Crippen LogP contribution in [-0.2, 0) is 10.0 Å². The summed E-state index contributed by atoms with van der Waals surface area (Å²) in [6, 6.07) is 3.19. The van der Waals surface area contributed by atoms with Gasteiger partial charge in [0.05, 0.1) is 0 Å². The molecule has 1 aromatic heterocycles. The molecule has 0 saturated carbocycles. The lowest BCUT2D eigenvalue weighted by Gasteiger charge is -2.27. The molecular formula is C13H23N3O2S. The van der Waals surface area contributed by atoms with E-state index < -0.39 is 10.0 Å². The molecule has 1 unspecified atom stereocenters. The molecule has 1 heterocycles. The van der Waals surface area contributed by atoms with Crippen molar-refractivity contribution in [2.45, 2.75) is 32.6 Å². The third-order valence-corrected chi connectivity index (χ3v) is 4.77. The molecular weight excluding hydrogens is 262 g/mol. The monoisotopic (exact) mass is 285 g/mol. The summed E-state index contributed by atoms with van der Waals surface area (Å²) in [6.45, 7) is 8.73. The Hall–Kier alpha value is -1.14. The van der Waals surface area contributed by atoms with Crippen LogP contribution >= 0.6 is 0 Å². The molecule has 1 atom stereocenters. The van der Waals surface area contributed by atoms with E-state index in [2.05, 4.69) is 35.8 Å². The maximum atomic E-state index is 12.1. The highest BCUT2D eigenvalue weighted by atomic mass is 32.2. The Morgan fingerprint density at radius 2 is 1.95 bits per heavy atom. The summed E-state index contributed by atoms with van der Waals surface area (Å²) in [5.41, 5.74) is 0.0662. The summed E-state index contributed by atoms with van der Waals surface area (Å²) >= 11 is 0. The molecule has 6 heteroatoms. The van der Waals surface area contributed by atoms with E-state index in [4.69, 9.17) is 0 Å². The Bertz CT molecular complexity index is 504.